The van der Waals surface area contributed by atoms with Gasteiger partial charge < -0.3 is 19.4 Å². The summed E-state index contributed by atoms with van der Waals surface area (Å²) in [6.45, 7) is 3.42. The Balaban J connectivity index is 2.56. The average molecular weight is 174 g/mol. The predicted octanol–water partition coefficient (Wildman–Crippen LogP) is 0.0878. The summed E-state index contributed by atoms with van der Waals surface area (Å²) in [6, 6.07) is 0. The van der Waals surface area contributed by atoms with Gasteiger partial charge in [0.25, 0.3) is 0 Å². The Labute approximate surface area is 71.5 Å². The summed E-state index contributed by atoms with van der Waals surface area (Å²) in [7, 11) is 0. The van der Waals surface area contributed by atoms with Crippen molar-refractivity contribution in [1.29, 1.82) is 0 Å². The molecule has 1 saturated heterocycles. The maximum atomic E-state index is 10.2. The number of aliphatic hydroxyl groups excluding tert-OH is 1. The van der Waals surface area contributed by atoms with Gasteiger partial charge in [-0.25, -0.2) is 0 Å². The van der Waals surface area contributed by atoms with Gasteiger partial charge in [0.05, 0.1) is 12.7 Å². The summed E-state index contributed by atoms with van der Waals surface area (Å²) in [5.74, 6) is -0.679. The van der Waals surface area contributed by atoms with Crippen LogP contribution < -0.4 is 0 Å². The van der Waals surface area contributed by atoms with E-state index in [2.05, 4.69) is 0 Å². The summed E-state index contributed by atoms with van der Waals surface area (Å²) in [5.41, 5.74) is 0. The van der Waals surface area contributed by atoms with Crippen molar-refractivity contribution in [3.8, 4) is 0 Å². The number of ether oxygens (including phenoxy) is 2. The number of rotatable bonds is 3. The molecular formula is C8H14O4. The minimum absolute atomic E-state index is 0.109. The maximum absolute atomic E-state index is 10.2. The second-order valence-electron chi connectivity index (χ2n) is 3.30. The van der Waals surface area contributed by atoms with Gasteiger partial charge in [-0.2, -0.15) is 0 Å². The van der Waals surface area contributed by atoms with E-state index in [4.69, 9.17) is 14.6 Å². The zero-order valence-electron chi connectivity index (χ0n) is 7.32. The molecule has 4 heteroatoms. The van der Waals surface area contributed by atoms with E-state index in [1.165, 1.54) is 0 Å². The van der Waals surface area contributed by atoms with Crippen LogP contribution in [0.15, 0.2) is 0 Å². The molecule has 70 valence electrons. The first-order chi connectivity index (χ1) is 5.59. The molecule has 1 N–H and O–H groups in total. The van der Waals surface area contributed by atoms with Crippen molar-refractivity contribution < 1.29 is 19.4 Å². The molecule has 0 aliphatic carbocycles. The fourth-order valence-corrected chi connectivity index (χ4v) is 1.36. The molecule has 0 aromatic carbocycles. The Morgan fingerprint density at radius 1 is 1.42 bits per heavy atom. The van der Waals surface area contributed by atoms with Crippen LogP contribution >= 0.6 is 0 Å². The number of hydrogen-bond donors (Lipinski definition) is 1. The van der Waals surface area contributed by atoms with E-state index in [1.54, 1.807) is 13.8 Å². The molecule has 1 fully saturated rings. The number of aldehydes is 1. The molecule has 0 bridgehead atoms. The molecule has 12 heavy (non-hydrogen) atoms. The lowest BCUT2D eigenvalue weighted by Gasteiger charge is -2.16. The molecule has 0 aromatic rings. The smallest absolute Gasteiger partial charge is 0.163 e. The lowest BCUT2D eigenvalue weighted by molar-refractivity contribution is -0.149. The molecule has 0 radical (unpaired) electrons. The fraction of sp³-hybridized carbons (Fsp3) is 0.875. The lowest BCUT2D eigenvalue weighted by Crippen LogP contribution is -2.26. The normalized spacial score (nSPS) is 33.6. The Kier molecular flexibility index (Phi) is 2.82. The summed E-state index contributed by atoms with van der Waals surface area (Å²) in [4.78, 5) is 10.2. The Morgan fingerprint density at radius 2 is 2.00 bits per heavy atom. The van der Waals surface area contributed by atoms with Gasteiger partial charge in [-0.15, -0.1) is 0 Å². The molecule has 1 rings (SSSR count). The van der Waals surface area contributed by atoms with Crippen molar-refractivity contribution in [1.82, 2.24) is 0 Å². The molecule has 1 heterocycles. The van der Waals surface area contributed by atoms with Gasteiger partial charge in [0.15, 0.2) is 5.79 Å². The molecule has 0 saturated carbocycles. The van der Waals surface area contributed by atoms with E-state index < -0.39 is 5.79 Å². The van der Waals surface area contributed by atoms with Crippen LogP contribution in [0.2, 0.25) is 0 Å². The van der Waals surface area contributed by atoms with Crippen molar-refractivity contribution >= 4 is 6.29 Å². The largest absolute Gasteiger partial charge is 0.394 e. The highest BCUT2D eigenvalue weighted by atomic mass is 16.8. The summed E-state index contributed by atoms with van der Waals surface area (Å²) >= 11 is 0. The number of hydrogen-bond acceptors (Lipinski definition) is 4. The van der Waals surface area contributed by atoms with Gasteiger partial charge >= 0.3 is 0 Å². The minimum atomic E-state index is -0.679. The van der Waals surface area contributed by atoms with Crippen LogP contribution in [0.5, 0.6) is 0 Å². The molecule has 4 nitrogen and oxygen atoms in total. The maximum Gasteiger partial charge on any atom is 0.163 e. The van der Waals surface area contributed by atoms with Crippen molar-refractivity contribution in [3.63, 3.8) is 0 Å². The first kappa shape index (κ1) is 9.64. The Hall–Kier alpha value is -0.450. The van der Waals surface area contributed by atoms with Crippen molar-refractivity contribution in [2.24, 2.45) is 0 Å². The third-order valence-electron chi connectivity index (χ3n) is 1.79. The predicted molar refractivity (Wildman–Crippen MR) is 41.6 cm³/mol. The third-order valence-corrected chi connectivity index (χ3v) is 1.79. The lowest BCUT2D eigenvalue weighted by atomic mass is 10.2. The van der Waals surface area contributed by atoms with Gasteiger partial charge in [0.1, 0.15) is 12.4 Å². The number of aliphatic hydroxyl groups is 1. The summed E-state index contributed by atoms with van der Waals surface area (Å²) in [6.07, 6.45) is 0.375. The SMILES string of the molecule is CC1(C)OC(CO)C(CC=O)O1. The first-order valence-corrected chi connectivity index (χ1v) is 3.99. The Morgan fingerprint density at radius 3 is 2.50 bits per heavy atom. The van der Waals surface area contributed by atoms with Crippen molar-refractivity contribution in [3.05, 3.63) is 0 Å². The van der Waals surface area contributed by atoms with Gasteiger partial charge in [-0.3, -0.25) is 0 Å². The average Bonchev–Trinajstić information content (AvgIpc) is 2.26. The summed E-state index contributed by atoms with van der Waals surface area (Å²) < 4.78 is 10.7. The first-order valence-electron chi connectivity index (χ1n) is 3.99. The topological polar surface area (TPSA) is 55.8 Å². The van der Waals surface area contributed by atoms with Gasteiger partial charge in [-0.1, -0.05) is 0 Å². The molecule has 2 atom stereocenters. The second kappa shape index (κ2) is 3.51. The molecule has 0 aromatic heterocycles. The zero-order chi connectivity index (χ0) is 9.19. The van der Waals surface area contributed by atoms with Crippen LogP contribution in [0.3, 0.4) is 0 Å². The van der Waals surface area contributed by atoms with Gasteiger partial charge in [0.2, 0.25) is 0 Å². The third kappa shape index (κ3) is 2.03. The van der Waals surface area contributed by atoms with Gasteiger partial charge in [0, 0.05) is 6.42 Å². The van der Waals surface area contributed by atoms with Crippen LogP contribution in [-0.2, 0) is 14.3 Å². The minimum Gasteiger partial charge on any atom is -0.394 e. The van der Waals surface area contributed by atoms with E-state index in [0.717, 1.165) is 6.29 Å². The van der Waals surface area contributed by atoms with E-state index in [-0.39, 0.29) is 25.2 Å². The van der Waals surface area contributed by atoms with Crippen LogP contribution in [0.25, 0.3) is 0 Å². The molecule has 1 aliphatic rings. The van der Waals surface area contributed by atoms with Crippen molar-refractivity contribution in [2.75, 3.05) is 6.61 Å². The van der Waals surface area contributed by atoms with E-state index in [1.807, 2.05) is 0 Å². The Bertz CT molecular complexity index is 166. The summed E-state index contributed by atoms with van der Waals surface area (Å²) in [5, 5.41) is 8.87. The quantitative estimate of drug-likeness (QED) is 0.616. The fourth-order valence-electron chi connectivity index (χ4n) is 1.36. The van der Waals surface area contributed by atoms with Crippen LogP contribution in [0.4, 0.5) is 0 Å². The highest BCUT2D eigenvalue weighted by molar-refractivity contribution is 5.50. The molecule has 0 amide bonds. The molecule has 2 unspecified atom stereocenters. The highest BCUT2D eigenvalue weighted by Gasteiger charge is 2.40. The van der Waals surface area contributed by atoms with E-state index in [0.29, 0.717) is 0 Å². The van der Waals surface area contributed by atoms with Gasteiger partial charge in [-0.05, 0) is 13.8 Å². The standard InChI is InChI=1S/C8H14O4/c1-8(2)11-6(3-4-9)7(5-10)12-8/h4,6-7,10H,3,5H2,1-2H3. The number of carbonyl (C=O) groups is 1. The molecular weight excluding hydrogens is 160 g/mol. The van der Waals surface area contributed by atoms with Crippen LogP contribution in [0, 0.1) is 0 Å². The van der Waals surface area contributed by atoms with Crippen LogP contribution in [0.1, 0.15) is 20.3 Å². The van der Waals surface area contributed by atoms with E-state index in [9.17, 15) is 4.79 Å². The highest BCUT2D eigenvalue weighted by Crippen LogP contribution is 2.28. The molecule has 1 aliphatic heterocycles. The monoisotopic (exact) mass is 174 g/mol. The van der Waals surface area contributed by atoms with Crippen LogP contribution in [-0.4, -0.2) is 36.0 Å². The second-order valence-corrected chi connectivity index (χ2v) is 3.30. The van der Waals surface area contributed by atoms with Crippen molar-refractivity contribution in [2.45, 2.75) is 38.3 Å². The number of carbonyl (C=O) groups excluding carboxylic acids is 1. The molecule has 0 spiro atoms. The van der Waals surface area contributed by atoms with E-state index >= 15 is 0 Å². The zero-order valence-corrected chi connectivity index (χ0v) is 7.32.